The largest absolute Gasteiger partial charge is 0.207 e. The lowest BCUT2D eigenvalue weighted by Gasteiger charge is -2.10. The number of halogens is 4. The van der Waals surface area contributed by atoms with Gasteiger partial charge in [0.15, 0.2) is 0 Å². The summed E-state index contributed by atoms with van der Waals surface area (Å²) in [5, 5.41) is 10.00. The molecule has 4 rings (SSSR count). The Kier molecular flexibility index (Phi) is 6.98. The zero-order valence-corrected chi connectivity index (χ0v) is 18.8. The van der Waals surface area contributed by atoms with E-state index in [0.29, 0.717) is 34.9 Å². The molecule has 0 N–H and O–H groups in total. The van der Waals surface area contributed by atoms with E-state index in [0.717, 1.165) is 35.1 Å². The number of nitrogens with zero attached hydrogens (tertiary/aromatic N) is 1. The quantitative estimate of drug-likeness (QED) is 0.263. The average Bonchev–Trinajstić information content (AvgIpc) is 2.82. The van der Waals surface area contributed by atoms with Gasteiger partial charge in [-0.2, -0.15) is 5.26 Å². The van der Waals surface area contributed by atoms with Crippen LogP contribution in [-0.2, 0) is 32.1 Å². The van der Waals surface area contributed by atoms with Crippen LogP contribution in [-0.4, -0.2) is 0 Å². The highest BCUT2D eigenvalue weighted by atomic mass is 19.1. The number of hydrogen-bond donors (Lipinski definition) is 0. The highest BCUT2D eigenvalue weighted by Gasteiger charge is 2.13. The normalized spacial score (nSPS) is 11.1. The van der Waals surface area contributed by atoms with Crippen LogP contribution in [0.1, 0.15) is 40.3 Å². The maximum absolute atomic E-state index is 15.1. The van der Waals surface area contributed by atoms with Crippen molar-refractivity contribution in [3.05, 3.63) is 117 Å². The van der Waals surface area contributed by atoms with Crippen molar-refractivity contribution < 1.29 is 17.6 Å². The van der Waals surface area contributed by atoms with Gasteiger partial charge in [-0.25, -0.2) is 17.6 Å². The molecule has 0 saturated heterocycles. The van der Waals surface area contributed by atoms with Gasteiger partial charge in [0, 0.05) is 5.39 Å². The molecule has 0 heterocycles. The lowest BCUT2D eigenvalue weighted by Crippen LogP contribution is -2.00. The smallest absolute Gasteiger partial charge is 0.144 e. The number of fused-ring (bicyclic) bond motifs is 1. The van der Waals surface area contributed by atoms with Crippen LogP contribution in [0, 0.1) is 34.6 Å². The molecule has 0 aliphatic carbocycles. The molecule has 4 aromatic rings. The zero-order chi connectivity index (χ0) is 24.2. The summed E-state index contributed by atoms with van der Waals surface area (Å²) in [6, 6.07) is 18.1. The highest BCUT2D eigenvalue weighted by molar-refractivity contribution is 5.84. The molecular formula is C29H23F4N. The van der Waals surface area contributed by atoms with Crippen LogP contribution in [0.3, 0.4) is 0 Å². The second kappa shape index (κ2) is 10.1. The van der Waals surface area contributed by atoms with Gasteiger partial charge in [-0.1, -0.05) is 49.4 Å². The first-order valence-electron chi connectivity index (χ1n) is 11.2. The van der Waals surface area contributed by atoms with Crippen molar-refractivity contribution in [2.45, 2.75) is 39.0 Å². The topological polar surface area (TPSA) is 23.8 Å². The van der Waals surface area contributed by atoms with E-state index < -0.39 is 17.2 Å². The SMILES string of the molecule is CCc1ccc(CCc2ccc3c(F)c(CCc4cc(F)c(C#N)c(F)c4)ccc3c2)c(F)c1. The van der Waals surface area contributed by atoms with Crippen molar-refractivity contribution >= 4 is 10.8 Å². The molecule has 5 heteroatoms. The molecule has 0 fully saturated rings. The Morgan fingerprint density at radius 2 is 1.26 bits per heavy atom. The maximum atomic E-state index is 15.1. The van der Waals surface area contributed by atoms with Crippen LogP contribution in [0.4, 0.5) is 17.6 Å². The molecule has 0 atom stereocenters. The third-order valence-corrected chi connectivity index (χ3v) is 6.20. The van der Waals surface area contributed by atoms with Gasteiger partial charge in [-0.05, 0) is 83.5 Å². The van der Waals surface area contributed by atoms with Gasteiger partial charge in [0.2, 0.25) is 0 Å². The fraction of sp³-hybridized carbons (Fsp3) is 0.207. The van der Waals surface area contributed by atoms with E-state index in [1.807, 2.05) is 37.3 Å². The van der Waals surface area contributed by atoms with E-state index in [4.69, 9.17) is 5.26 Å². The number of rotatable bonds is 7. The first-order valence-corrected chi connectivity index (χ1v) is 11.2. The van der Waals surface area contributed by atoms with Gasteiger partial charge in [0.25, 0.3) is 0 Å². The first kappa shape index (κ1) is 23.5. The first-order chi connectivity index (χ1) is 16.4. The Hall–Kier alpha value is -3.65. The van der Waals surface area contributed by atoms with Gasteiger partial charge in [-0.3, -0.25) is 0 Å². The Morgan fingerprint density at radius 1 is 0.647 bits per heavy atom. The predicted molar refractivity (Wildman–Crippen MR) is 126 cm³/mol. The summed E-state index contributed by atoms with van der Waals surface area (Å²) in [6.07, 6.45) is 2.48. The summed E-state index contributed by atoms with van der Waals surface area (Å²) >= 11 is 0. The zero-order valence-electron chi connectivity index (χ0n) is 18.8. The molecule has 4 aromatic carbocycles. The van der Waals surface area contributed by atoms with Crippen molar-refractivity contribution in [3.8, 4) is 6.07 Å². The molecule has 0 spiro atoms. The lowest BCUT2D eigenvalue weighted by atomic mass is 9.96. The van der Waals surface area contributed by atoms with E-state index in [1.165, 1.54) is 6.07 Å². The second-order valence-electron chi connectivity index (χ2n) is 8.42. The van der Waals surface area contributed by atoms with Crippen molar-refractivity contribution in [2.24, 2.45) is 0 Å². The monoisotopic (exact) mass is 461 g/mol. The third-order valence-electron chi connectivity index (χ3n) is 6.20. The molecule has 0 aromatic heterocycles. The van der Waals surface area contributed by atoms with Crippen LogP contribution in [0.15, 0.2) is 60.7 Å². The van der Waals surface area contributed by atoms with Gasteiger partial charge >= 0.3 is 0 Å². The fourth-order valence-corrected chi connectivity index (χ4v) is 4.18. The lowest BCUT2D eigenvalue weighted by molar-refractivity contribution is 0.572. The van der Waals surface area contributed by atoms with E-state index in [1.54, 1.807) is 18.2 Å². The summed E-state index contributed by atoms with van der Waals surface area (Å²) in [6.45, 7) is 1.99. The maximum Gasteiger partial charge on any atom is 0.144 e. The molecule has 0 radical (unpaired) electrons. The minimum atomic E-state index is -0.912. The molecule has 0 amide bonds. The Bertz CT molecular complexity index is 1380. The van der Waals surface area contributed by atoms with Crippen molar-refractivity contribution in [3.63, 3.8) is 0 Å². The molecule has 0 unspecified atom stereocenters. The Morgan fingerprint density at radius 3 is 1.94 bits per heavy atom. The second-order valence-corrected chi connectivity index (χ2v) is 8.42. The van der Waals surface area contributed by atoms with Crippen LogP contribution in [0.2, 0.25) is 0 Å². The molecule has 1 nitrogen and oxygen atoms in total. The van der Waals surface area contributed by atoms with Crippen LogP contribution < -0.4 is 0 Å². The van der Waals surface area contributed by atoms with Gasteiger partial charge < -0.3 is 0 Å². The minimum absolute atomic E-state index is 0.196. The van der Waals surface area contributed by atoms with Crippen LogP contribution >= 0.6 is 0 Å². The fourth-order valence-electron chi connectivity index (χ4n) is 4.18. The summed E-state index contributed by atoms with van der Waals surface area (Å²) < 4.78 is 57.0. The predicted octanol–water partition coefficient (Wildman–Crippen LogP) is 7.40. The number of nitriles is 1. The summed E-state index contributed by atoms with van der Waals surface area (Å²) in [4.78, 5) is 0. The van der Waals surface area contributed by atoms with Crippen molar-refractivity contribution in [1.82, 2.24) is 0 Å². The molecule has 0 saturated carbocycles. The number of benzene rings is 4. The van der Waals surface area contributed by atoms with E-state index in [-0.39, 0.29) is 24.5 Å². The van der Waals surface area contributed by atoms with Crippen LogP contribution in [0.5, 0.6) is 0 Å². The number of aryl methyl sites for hydroxylation is 5. The number of hydrogen-bond acceptors (Lipinski definition) is 1. The molecular weight excluding hydrogens is 438 g/mol. The molecule has 34 heavy (non-hydrogen) atoms. The Labute approximate surface area is 196 Å². The van der Waals surface area contributed by atoms with Crippen molar-refractivity contribution in [1.29, 1.82) is 5.26 Å². The van der Waals surface area contributed by atoms with Crippen molar-refractivity contribution in [2.75, 3.05) is 0 Å². The average molecular weight is 462 g/mol. The third kappa shape index (κ3) is 4.97. The molecule has 0 bridgehead atoms. The minimum Gasteiger partial charge on any atom is -0.207 e. The van der Waals surface area contributed by atoms with E-state index >= 15 is 4.39 Å². The molecule has 0 aliphatic heterocycles. The van der Waals surface area contributed by atoms with E-state index in [9.17, 15) is 13.2 Å². The molecule has 0 aliphatic rings. The van der Waals surface area contributed by atoms with Crippen LogP contribution in [0.25, 0.3) is 10.8 Å². The summed E-state index contributed by atoms with van der Waals surface area (Å²) in [7, 11) is 0. The summed E-state index contributed by atoms with van der Waals surface area (Å²) in [5.41, 5.74) is 2.81. The standard InChI is InChI=1S/C29H23F4N/c1-2-18-3-7-21(26(30)14-18)8-4-19-6-12-24-23(13-19)11-10-22(29(24)33)9-5-20-15-27(31)25(17-34)28(32)16-20/h3,6-7,10-16H,2,4-5,8-9H2,1H3. The highest BCUT2D eigenvalue weighted by Crippen LogP contribution is 2.25. The molecule has 172 valence electrons. The van der Waals surface area contributed by atoms with E-state index in [2.05, 4.69) is 0 Å². The summed E-state index contributed by atoms with van der Waals surface area (Å²) in [5.74, 6) is -2.38. The van der Waals surface area contributed by atoms with Gasteiger partial charge in [-0.15, -0.1) is 0 Å². The van der Waals surface area contributed by atoms with Gasteiger partial charge in [0.05, 0.1) is 0 Å². The van der Waals surface area contributed by atoms with Gasteiger partial charge in [0.1, 0.15) is 34.9 Å². The Balaban J connectivity index is 1.48.